The number of rotatable bonds is 4. The third-order valence-corrected chi connectivity index (χ3v) is 2.09. The maximum atomic E-state index is 10.8. The van der Waals surface area contributed by atoms with Crippen molar-refractivity contribution in [3.05, 3.63) is 41.5 Å². The van der Waals surface area contributed by atoms with Crippen LogP contribution in [0.3, 0.4) is 0 Å². The summed E-state index contributed by atoms with van der Waals surface area (Å²) in [7, 11) is 1.65. The third-order valence-electron chi connectivity index (χ3n) is 2.09. The molecular weight excluding hydrogens is 188 g/mol. The molecule has 0 bridgehead atoms. The molecule has 0 fully saturated rings. The van der Waals surface area contributed by atoms with Crippen LogP contribution in [-0.2, 0) is 11.2 Å². The first-order chi connectivity index (χ1) is 7.11. The highest BCUT2D eigenvalue weighted by atomic mass is 16.5. The fraction of sp³-hybridized carbons (Fsp3) is 0.308. The van der Waals surface area contributed by atoms with Gasteiger partial charge in [-0.1, -0.05) is 17.7 Å². The molecule has 0 radical (unpaired) electrons. The number of hydrogen-bond acceptors (Lipinski definition) is 2. The van der Waals surface area contributed by atoms with E-state index in [0.717, 1.165) is 17.7 Å². The Hall–Kier alpha value is -1.57. The summed E-state index contributed by atoms with van der Waals surface area (Å²) in [5.74, 6) is 0.952. The average molecular weight is 204 g/mol. The molecule has 1 aromatic rings. The number of methoxy groups -OCH3 is 1. The molecule has 0 aliphatic rings. The minimum Gasteiger partial charge on any atom is -0.497 e. The van der Waals surface area contributed by atoms with Crippen molar-refractivity contribution in [3.63, 3.8) is 0 Å². The maximum Gasteiger partial charge on any atom is 0.152 e. The van der Waals surface area contributed by atoms with Gasteiger partial charge in [0, 0.05) is 0 Å². The predicted octanol–water partition coefficient (Wildman–Crippen LogP) is 2.77. The van der Waals surface area contributed by atoms with Gasteiger partial charge < -0.3 is 4.74 Å². The van der Waals surface area contributed by atoms with Gasteiger partial charge in [0.1, 0.15) is 5.75 Å². The molecule has 2 nitrogen and oxygen atoms in total. The van der Waals surface area contributed by atoms with Crippen LogP contribution in [0.15, 0.2) is 35.9 Å². The molecule has 0 unspecified atom stereocenters. The predicted molar refractivity (Wildman–Crippen MR) is 61.1 cm³/mol. The fourth-order valence-electron chi connectivity index (χ4n) is 1.46. The summed E-state index contributed by atoms with van der Waals surface area (Å²) in [5, 5.41) is 0. The van der Waals surface area contributed by atoms with Crippen molar-refractivity contribution in [1.82, 2.24) is 0 Å². The lowest BCUT2D eigenvalue weighted by Crippen LogP contribution is -1.91. The van der Waals surface area contributed by atoms with Gasteiger partial charge in [-0.05, 0) is 44.0 Å². The molecule has 0 aliphatic carbocycles. The molecule has 1 aromatic carbocycles. The first-order valence-electron chi connectivity index (χ1n) is 4.92. The van der Waals surface area contributed by atoms with E-state index < -0.39 is 0 Å². The molecule has 0 amide bonds. The molecule has 0 saturated carbocycles. The van der Waals surface area contributed by atoms with E-state index in [0.29, 0.717) is 0 Å². The Balaban J connectivity index is 2.69. The number of carbonyl (C=O) groups is 1. The van der Waals surface area contributed by atoms with Gasteiger partial charge in [-0.25, -0.2) is 0 Å². The fourth-order valence-corrected chi connectivity index (χ4v) is 1.46. The van der Waals surface area contributed by atoms with E-state index >= 15 is 0 Å². The number of ether oxygens (including phenoxy) is 1. The SMILES string of the molecule is COc1ccc(C/C(C)=C\C(C)=O)cc1. The number of allylic oxidation sites excluding steroid dienone is 2. The van der Waals surface area contributed by atoms with Crippen molar-refractivity contribution in [2.24, 2.45) is 0 Å². The van der Waals surface area contributed by atoms with Crippen LogP contribution >= 0.6 is 0 Å². The van der Waals surface area contributed by atoms with Crippen LogP contribution in [0, 0.1) is 0 Å². The Morgan fingerprint density at radius 1 is 1.27 bits per heavy atom. The molecule has 0 spiro atoms. The van der Waals surface area contributed by atoms with Gasteiger partial charge in [0.2, 0.25) is 0 Å². The molecule has 2 heteroatoms. The van der Waals surface area contributed by atoms with Crippen molar-refractivity contribution < 1.29 is 9.53 Å². The van der Waals surface area contributed by atoms with Crippen molar-refractivity contribution in [2.75, 3.05) is 7.11 Å². The van der Waals surface area contributed by atoms with E-state index in [2.05, 4.69) is 0 Å². The molecule has 15 heavy (non-hydrogen) atoms. The topological polar surface area (TPSA) is 26.3 Å². The summed E-state index contributed by atoms with van der Waals surface area (Å²) in [6.07, 6.45) is 2.48. The lowest BCUT2D eigenvalue weighted by Gasteiger charge is -2.03. The van der Waals surface area contributed by atoms with Crippen LogP contribution in [0.1, 0.15) is 19.4 Å². The van der Waals surface area contributed by atoms with Crippen LogP contribution < -0.4 is 4.74 Å². The summed E-state index contributed by atoms with van der Waals surface area (Å²) < 4.78 is 5.07. The first kappa shape index (κ1) is 11.5. The Morgan fingerprint density at radius 3 is 2.33 bits per heavy atom. The molecule has 0 N–H and O–H groups in total. The number of benzene rings is 1. The second kappa shape index (κ2) is 5.35. The molecule has 0 atom stereocenters. The Labute approximate surface area is 90.6 Å². The zero-order valence-electron chi connectivity index (χ0n) is 9.41. The van der Waals surface area contributed by atoms with Crippen LogP contribution in [0.2, 0.25) is 0 Å². The van der Waals surface area contributed by atoms with E-state index in [1.165, 1.54) is 5.56 Å². The average Bonchev–Trinajstić information content (AvgIpc) is 2.17. The minimum absolute atomic E-state index is 0.0982. The second-order valence-corrected chi connectivity index (χ2v) is 3.63. The molecule has 0 aliphatic heterocycles. The zero-order chi connectivity index (χ0) is 11.3. The van der Waals surface area contributed by atoms with E-state index in [9.17, 15) is 4.79 Å². The van der Waals surface area contributed by atoms with Crippen LogP contribution in [0.4, 0.5) is 0 Å². The van der Waals surface area contributed by atoms with E-state index in [4.69, 9.17) is 4.74 Å². The van der Waals surface area contributed by atoms with Crippen molar-refractivity contribution >= 4 is 5.78 Å². The van der Waals surface area contributed by atoms with Gasteiger partial charge in [0.15, 0.2) is 5.78 Å². The molecule has 80 valence electrons. The summed E-state index contributed by atoms with van der Waals surface area (Å²) in [5.41, 5.74) is 2.26. The standard InChI is InChI=1S/C13H16O2/c1-10(8-11(2)14)9-12-4-6-13(15-3)7-5-12/h4-8H,9H2,1-3H3/b10-8-. The smallest absolute Gasteiger partial charge is 0.152 e. The first-order valence-corrected chi connectivity index (χ1v) is 4.92. The lowest BCUT2D eigenvalue weighted by molar-refractivity contribution is -0.112. The number of ketones is 1. The highest BCUT2D eigenvalue weighted by Gasteiger charge is 1.97. The van der Waals surface area contributed by atoms with Gasteiger partial charge >= 0.3 is 0 Å². The van der Waals surface area contributed by atoms with Gasteiger partial charge in [-0.3, -0.25) is 4.79 Å². The monoisotopic (exact) mass is 204 g/mol. The van der Waals surface area contributed by atoms with Crippen LogP contribution in [-0.4, -0.2) is 12.9 Å². The quantitative estimate of drug-likeness (QED) is 0.705. The minimum atomic E-state index is 0.0982. The van der Waals surface area contributed by atoms with Gasteiger partial charge in [0.25, 0.3) is 0 Å². The van der Waals surface area contributed by atoms with Crippen molar-refractivity contribution in [3.8, 4) is 5.75 Å². The lowest BCUT2D eigenvalue weighted by atomic mass is 10.1. The zero-order valence-corrected chi connectivity index (χ0v) is 9.41. The number of carbonyl (C=O) groups excluding carboxylic acids is 1. The van der Waals surface area contributed by atoms with Gasteiger partial charge in [-0.15, -0.1) is 0 Å². The van der Waals surface area contributed by atoms with Crippen LogP contribution in [0.25, 0.3) is 0 Å². The third kappa shape index (κ3) is 3.98. The summed E-state index contributed by atoms with van der Waals surface area (Å²) in [6.45, 7) is 3.53. The van der Waals surface area contributed by atoms with Gasteiger partial charge in [0.05, 0.1) is 7.11 Å². The maximum absolute atomic E-state index is 10.8. The summed E-state index contributed by atoms with van der Waals surface area (Å²) in [6, 6.07) is 7.87. The molecule has 1 rings (SSSR count). The summed E-state index contributed by atoms with van der Waals surface area (Å²) >= 11 is 0. The largest absolute Gasteiger partial charge is 0.497 e. The molecule has 0 saturated heterocycles. The molecule has 0 heterocycles. The van der Waals surface area contributed by atoms with E-state index in [1.807, 2.05) is 31.2 Å². The molecule has 0 aromatic heterocycles. The molecular formula is C13H16O2. The second-order valence-electron chi connectivity index (χ2n) is 3.63. The Bertz CT molecular complexity index is 361. The van der Waals surface area contributed by atoms with E-state index in [1.54, 1.807) is 20.1 Å². The normalized spacial score (nSPS) is 11.3. The number of hydrogen-bond donors (Lipinski definition) is 0. The Morgan fingerprint density at radius 2 is 1.87 bits per heavy atom. The van der Waals surface area contributed by atoms with Crippen molar-refractivity contribution in [1.29, 1.82) is 0 Å². The van der Waals surface area contributed by atoms with Crippen molar-refractivity contribution in [2.45, 2.75) is 20.3 Å². The van der Waals surface area contributed by atoms with Gasteiger partial charge in [-0.2, -0.15) is 0 Å². The highest BCUT2D eigenvalue weighted by molar-refractivity contribution is 5.87. The van der Waals surface area contributed by atoms with E-state index in [-0.39, 0.29) is 5.78 Å². The Kier molecular flexibility index (Phi) is 4.10. The highest BCUT2D eigenvalue weighted by Crippen LogP contribution is 2.14. The van der Waals surface area contributed by atoms with Crippen LogP contribution in [0.5, 0.6) is 5.75 Å². The summed E-state index contributed by atoms with van der Waals surface area (Å²) in [4.78, 5) is 10.8.